The van der Waals surface area contributed by atoms with Gasteiger partial charge in [0, 0.05) is 10.6 Å². The molecule has 1 heterocycles. The number of rotatable bonds is 7. The molecule has 7 nitrogen and oxygen atoms in total. The van der Waals surface area contributed by atoms with Gasteiger partial charge in [0.25, 0.3) is 5.91 Å². The molecule has 0 aliphatic heterocycles. The van der Waals surface area contributed by atoms with Crippen LogP contribution in [-0.2, 0) is 9.53 Å². The van der Waals surface area contributed by atoms with E-state index in [4.69, 9.17) is 37.1 Å². The lowest BCUT2D eigenvalue weighted by Crippen LogP contribution is -2.21. The van der Waals surface area contributed by atoms with Crippen molar-refractivity contribution in [2.45, 2.75) is 0 Å². The lowest BCUT2D eigenvalue weighted by molar-refractivity contribution is -0.119. The van der Waals surface area contributed by atoms with Crippen molar-refractivity contribution in [3.05, 3.63) is 69.9 Å². The second kappa shape index (κ2) is 9.47. The van der Waals surface area contributed by atoms with E-state index < -0.39 is 18.5 Å². The van der Waals surface area contributed by atoms with Crippen molar-refractivity contribution in [2.75, 3.05) is 19.0 Å². The van der Waals surface area contributed by atoms with Crippen LogP contribution in [0.2, 0.25) is 10.0 Å². The second-order valence-electron chi connectivity index (χ2n) is 5.98. The molecule has 0 unspecified atom stereocenters. The van der Waals surface area contributed by atoms with Crippen molar-refractivity contribution in [3.8, 4) is 17.1 Å². The summed E-state index contributed by atoms with van der Waals surface area (Å²) >= 11 is 12.0. The Morgan fingerprint density at radius 1 is 1.10 bits per heavy atom. The summed E-state index contributed by atoms with van der Waals surface area (Å²) < 4.78 is 15.6. The van der Waals surface area contributed by atoms with Crippen LogP contribution < -0.4 is 10.1 Å². The van der Waals surface area contributed by atoms with Crippen LogP contribution in [-0.4, -0.2) is 31.9 Å². The van der Waals surface area contributed by atoms with Gasteiger partial charge < -0.3 is 19.2 Å². The van der Waals surface area contributed by atoms with E-state index in [0.29, 0.717) is 34.1 Å². The second-order valence-corrected chi connectivity index (χ2v) is 6.83. The van der Waals surface area contributed by atoms with Crippen molar-refractivity contribution in [2.24, 2.45) is 0 Å². The van der Waals surface area contributed by atoms with Gasteiger partial charge in [-0.05, 0) is 48.5 Å². The number of carbonyl (C=O) groups is 3. The summed E-state index contributed by atoms with van der Waals surface area (Å²) in [6.07, 6.45) is 0.572. The van der Waals surface area contributed by atoms with Gasteiger partial charge in [-0.1, -0.05) is 23.2 Å². The van der Waals surface area contributed by atoms with Crippen LogP contribution in [0.25, 0.3) is 11.3 Å². The SMILES string of the molecule is COc1ccc(Cl)cc1NC(=O)COC(=O)c1cc(-c2ccc(C=O)o2)ccc1Cl. The minimum absolute atomic E-state index is 0.0476. The van der Waals surface area contributed by atoms with Gasteiger partial charge in [-0.2, -0.15) is 0 Å². The van der Waals surface area contributed by atoms with E-state index >= 15 is 0 Å². The van der Waals surface area contributed by atoms with Crippen molar-refractivity contribution in [3.63, 3.8) is 0 Å². The number of ether oxygens (including phenoxy) is 2. The Morgan fingerprint density at radius 3 is 2.60 bits per heavy atom. The molecule has 0 atom stereocenters. The molecule has 0 saturated heterocycles. The molecule has 0 saturated carbocycles. The molecule has 0 aliphatic rings. The molecule has 0 fully saturated rings. The fourth-order valence-electron chi connectivity index (χ4n) is 2.58. The maximum absolute atomic E-state index is 12.4. The summed E-state index contributed by atoms with van der Waals surface area (Å²) in [7, 11) is 1.45. The summed E-state index contributed by atoms with van der Waals surface area (Å²) in [5.41, 5.74) is 0.911. The molecule has 9 heteroatoms. The summed E-state index contributed by atoms with van der Waals surface area (Å²) in [5.74, 6) is -0.441. The highest BCUT2D eigenvalue weighted by Crippen LogP contribution is 2.28. The lowest BCUT2D eigenvalue weighted by atomic mass is 10.1. The first-order valence-corrected chi connectivity index (χ1v) is 9.32. The predicted molar refractivity (Wildman–Crippen MR) is 111 cm³/mol. The van der Waals surface area contributed by atoms with Crippen molar-refractivity contribution >= 4 is 47.1 Å². The molecule has 2 aromatic carbocycles. The highest BCUT2D eigenvalue weighted by molar-refractivity contribution is 6.33. The quantitative estimate of drug-likeness (QED) is 0.410. The van der Waals surface area contributed by atoms with Gasteiger partial charge in [0.05, 0.1) is 23.4 Å². The third-order valence-electron chi connectivity index (χ3n) is 3.98. The highest BCUT2D eigenvalue weighted by Gasteiger charge is 2.17. The van der Waals surface area contributed by atoms with E-state index in [9.17, 15) is 14.4 Å². The maximum Gasteiger partial charge on any atom is 0.340 e. The maximum atomic E-state index is 12.4. The van der Waals surface area contributed by atoms with Gasteiger partial charge in [0.2, 0.25) is 0 Å². The molecule has 30 heavy (non-hydrogen) atoms. The first-order valence-electron chi connectivity index (χ1n) is 8.56. The number of amides is 1. The Morgan fingerprint density at radius 2 is 1.90 bits per heavy atom. The van der Waals surface area contributed by atoms with E-state index in [1.54, 1.807) is 24.3 Å². The lowest BCUT2D eigenvalue weighted by Gasteiger charge is -2.11. The normalized spacial score (nSPS) is 10.4. The molecule has 0 spiro atoms. The Kier molecular flexibility index (Phi) is 6.76. The minimum atomic E-state index is -0.794. The van der Waals surface area contributed by atoms with Crippen molar-refractivity contribution < 1.29 is 28.3 Å². The standard InChI is InChI=1S/C21H15Cl2NO6/c1-28-19-6-3-13(22)9-17(19)24-20(26)11-29-21(27)15-8-12(2-5-16(15)23)18-7-4-14(10-25)30-18/h2-10H,11H2,1H3,(H,24,26). The van der Waals surface area contributed by atoms with Gasteiger partial charge in [0.15, 0.2) is 18.7 Å². The van der Waals surface area contributed by atoms with E-state index in [1.165, 1.54) is 31.4 Å². The van der Waals surface area contributed by atoms with E-state index in [2.05, 4.69) is 5.32 Å². The van der Waals surface area contributed by atoms with Crippen LogP contribution in [0, 0.1) is 0 Å². The van der Waals surface area contributed by atoms with Crippen LogP contribution in [0.1, 0.15) is 20.9 Å². The van der Waals surface area contributed by atoms with Gasteiger partial charge >= 0.3 is 5.97 Å². The number of hydrogen-bond donors (Lipinski definition) is 1. The van der Waals surface area contributed by atoms with Crippen LogP contribution in [0.5, 0.6) is 5.75 Å². The van der Waals surface area contributed by atoms with E-state index in [0.717, 1.165) is 0 Å². The third kappa shape index (κ3) is 5.00. The number of methoxy groups -OCH3 is 1. The fraction of sp³-hybridized carbons (Fsp3) is 0.0952. The molecule has 3 rings (SSSR count). The summed E-state index contributed by atoms with van der Waals surface area (Å²) in [4.78, 5) is 35.4. The first-order chi connectivity index (χ1) is 14.4. The zero-order valence-corrected chi connectivity index (χ0v) is 17.1. The first kappa shape index (κ1) is 21.4. The summed E-state index contributed by atoms with van der Waals surface area (Å²) in [5, 5.41) is 3.11. The largest absolute Gasteiger partial charge is 0.495 e. The minimum Gasteiger partial charge on any atom is -0.495 e. The molecule has 154 valence electrons. The zero-order valence-electron chi connectivity index (χ0n) is 15.6. The Balaban J connectivity index is 1.69. The summed E-state index contributed by atoms with van der Waals surface area (Å²) in [6, 6.07) is 12.4. The molecule has 1 aromatic heterocycles. The Labute approximate surface area is 181 Å². The smallest absolute Gasteiger partial charge is 0.340 e. The molecule has 3 aromatic rings. The van der Waals surface area contributed by atoms with Crippen molar-refractivity contribution in [1.82, 2.24) is 0 Å². The molecular weight excluding hydrogens is 433 g/mol. The number of esters is 1. The molecule has 1 amide bonds. The Bertz CT molecular complexity index is 1110. The fourth-order valence-corrected chi connectivity index (χ4v) is 2.95. The number of halogens is 2. The van der Waals surface area contributed by atoms with E-state index in [1.807, 2.05) is 0 Å². The predicted octanol–water partition coefficient (Wildman–Crippen LogP) is 4.87. The van der Waals surface area contributed by atoms with E-state index in [-0.39, 0.29) is 16.3 Å². The summed E-state index contributed by atoms with van der Waals surface area (Å²) in [6.45, 7) is -0.550. The Hall–Kier alpha value is -3.29. The number of hydrogen-bond acceptors (Lipinski definition) is 6. The van der Waals surface area contributed by atoms with Crippen LogP contribution in [0.3, 0.4) is 0 Å². The number of aldehydes is 1. The van der Waals surface area contributed by atoms with Crippen LogP contribution >= 0.6 is 23.2 Å². The number of furan rings is 1. The number of anilines is 1. The van der Waals surface area contributed by atoms with Gasteiger partial charge in [-0.25, -0.2) is 4.79 Å². The third-order valence-corrected chi connectivity index (χ3v) is 4.55. The van der Waals surface area contributed by atoms with Gasteiger partial charge in [-0.15, -0.1) is 0 Å². The average Bonchev–Trinajstić information content (AvgIpc) is 3.22. The number of benzene rings is 2. The molecule has 0 radical (unpaired) electrons. The number of carbonyl (C=O) groups excluding carboxylic acids is 3. The van der Waals surface area contributed by atoms with Gasteiger partial charge in [-0.3, -0.25) is 9.59 Å². The molecule has 0 bridgehead atoms. The highest BCUT2D eigenvalue weighted by atomic mass is 35.5. The molecular formula is C21H15Cl2NO6. The zero-order chi connectivity index (χ0) is 21.7. The monoisotopic (exact) mass is 447 g/mol. The van der Waals surface area contributed by atoms with Crippen LogP contribution in [0.4, 0.5) is 5.69 Å². The van der Waals surface area contributed by atoms with Crippen LogP contribution in [0.15, 0.2) is 52.9 Å². The molecule has 1 N–H and O–H groups in total. The topological polar surface area (TPSA) is 94.8 Å². The van der Waals surface area contributed by atoms with Crippen molar-refractivity contribution in [1.29, 1.82) is 0 Å². The average molecular weight is 448 g/mol. The molecule has 0 aliphatic carbocycles. The van der Waals surface area contributed by atoms with Gasteiger partial charge in [0.1, 0.15) is 11.5 Å². The number of nitrogens with one attached hydrogen (secondary N) is 1.